The van der Waals surface area contributed by atoms with Crippen LogP contribution in [0.5, 0.6) is 0 Å². The molecule has 2 atom stereocenters. The van der Waals surface area contributed by atoms with Gasteiger partial charge in [-0.15, -0.1) is 0 Å². The molecule has 0 bridgehead atoms. The Bertz CT molecular complexity index is 342. The van der Waals surface area contributed by atoms with Crippen LogP contribution in [0.15, 0.2) is 18.3 Å². The van der Waals surface area contributed by atoms with Gasteiger partial charge in [0.25, 0.3) is 0 Å². The molecule has 18 heavy (non-hydrogen) atoms. The first kappa shape index (κ1) is 15.3. The van der Waals surface area contributed by atoms with Crippen LogP contribution < -0.4 is 4.90 Å². The van der Waals surface area contributed by atoms with Crippen LogP contribution in [0.2, 0.25) is 0 Å². The Kier molecular flexibility index (Phi) is 6.50. The standard InChI is InChI=1S/C14H24N2OS/c1-5-11(10-18-4)16(3)12-7-8-13(15-9-12)14(17)6-2/h7-9,11,14,17H,5-6,10H2,1-4H3. The van der Waals surface area contributed by atoms with Gasteiger partial charge in [-0.25, -0.2) is 0 Å². The highest BCUT2D eigenvalue weighted by molar-refractivity contribution is 7.98. The molecule has 1 heterocycles. The average molecular weight is 268 g/mol. The summed E-state index contributed by atoms with van der Waals surface area (Å²) in [5, 5.41) is 9.72. The maximum absolute atomic E-state index is 9.72. The topological polar surface area (TPSA) is 36.4 Å². The molecule has 102 valence electrons. The largest absolute Gasteiger partial charge is 0.387 e. The van der Waals surface area contributed by atoms with Crippen molar-refractivity contribution in [3.05, 3.63) is 24.0 Å². The van der Waals surface area contributed by atoms with Crippen LogP contribution in [0, 0.1) is 0 Å². The Morgan fingerprint density at radius 2 is 2.06 bits per heavy atom. The predicted octanol–water partition coefficient (Wildman–Crippen LogP) is 3.10. The number of hydrogen-bond donors (Lipinski definition) is 1. The van der Waals surface area contributed by atoms with E-state index in [0.29, 0.717) is 12.5 Å². The summed E-state index contributed by atoms with van der Waals surface area (Å²) in [6, 6.07) is 4.50. The molecule has 4 heteroatoms. The van der Waals surface area contributed by atoms with Crippen LogP contribution >= 0.6 is 11.8 Å². The van der Waals surface area contributed by atoms with Gasteiger partial charge in [0.15, 0.2) is 0 Å². The number of pyridine rings is 1. The van der Waals surface area contributed by atoms with Crippen LogP contribution in [0.3, 0.4) is 0 Å². The molecular formula is C14H24N2OS. The number of aliphatic hydroxyl groups excluding tert-OH is 1. The molecule has 0 saturated heterocycles. The minimum Gasteiger partial charge on any atom is -0.387 e. The lowest BCUT2D eigenvalue weighted by molar-refractivity contribution is 0.169. The van der Waals surface area contributed by atoms with Crippen LogP contribution in [-0.2, 0) is 0 Å². The van der Waals surface area contributed by atoms with Crippen molar-refractivity contribution in [3.63, 3.8) is 0 Å². The SMILES string of the molecule is CCC(O)c1ccc(N(C)C(CC)CSC)cn1. The number of rotatable bonds is 7. The third-order valence-corrected chi connectivity index (χ3v) is 4.00. The molecule has 1 aromatic rings. The van der Waals surface area contributed by atoms with Gasteiger partial charge < -0.3 is 10.0 Å². The third-order valence-electron chi connectivity index (χ3n) is 3.28. The molecule has 1 aromatic heterocycles. The lowest BCUT2D eigenvalue weighted by Gasteiger charge is -2.28. The monoisotopic (exact) mass is 268 g/mol. The molecular weight excluding hydrogens is 244 g/mol. The lowest BCUT2D eigenvalue weighted by atomic mass is 10.1. The Labute approximate surface area is 115 Å². The van der Waals surface area contributed by atoms with Crippen molar-refractivity contribution >= 4 is 17.4 Å². The first-order valence-corrected chi connectivity index (χ1v) is 7.89. The highest BCUT2D eigenvalue weighted by Gasteiger charge is 2.14. The van der Waals surface area contributed by atoms with Gasteiger partial charge in [0.1, 0.15) is 0 Å². The summed E-state index contributed by atoms with van der Waals surface area (Å²) in [5.41, 5.74) is 1.87. The maximum Gasteiger partial charge on any atom is 0.0957 e. The molecule has 0 aliphatic rings. The van der Waals surface area contributed by atoms with E-state index in [4.69, 9.17) is 0 Å². The van der Waals surface area contributed by atoms with Crippen molar-refractivity contribution in [3.8, 4) is 0 Å². The third kappa shape index (κ3) is 3.89. The van der Waals surface area contributed by atoms with Gasteiger partial charge in [0.05, 0.1) is 23.7 Å². The van der Waals surface area contributed by atoms with E-state index < -0.39 is 6.10 Å². The van der Waals surface area contributed by atoms with Crippen molar-refractivity contribution in [2.75, 3.05) is 24.0 Å². The summed E-state index contributed by atoms with van der Waals surface area (Å²) in [4.78, 5) is 6.62. The van der Waals surface area contributed by atoms with Crippen molar-refractivity contribution in [1.82, 2.24) is 4.98 Å². The molecule has 0 aliphatic carbocycles. The quantitative estimate of drug-likeness (QED) is 0.824. The summed E-state index contributed by atoms with van der Waals surface area (Å²) >= 11 is 1.87. The number of aromatic nitrogens is 1. The minimum atomic E-state index is -0.447. The number of anilines is 1. The average Bonchev–Trinajstić information content (AvgIpc) is 2.43. The van der Waals surface area contributed by atoms with Gasteiger partial charge in [0.2, 0.25) is 0 Å². The summed E-state index contributed by atoms with van der Waals surface area (Å²) in [6.45, 7) is 4.16. The molecule has 0 aliphatic heterocycles. The molecule has 1 N–H and O–H groups in total. The molecule has 0 aromatic carbocycles. The van der Waals surface area contributed by atoms with Gasteiger partial charge in [0, 0.05) is 18.8 Å². The Morgan fingerprint density at radius 3 is 2.50 bits per heavy atom. The van der Waals surface area contributed by atoms with Gasteiger partial charge in [-0.3, -0.25) is 4.98 Å². The summed E-state index contributed by atoms with van der Waals surface area (Å²) in [5.74, 6) is 1.12. The number of aliphatic hydroxyl groups is 1. The van der Waals surface area contributed by atoms with Crippen molar-refractivity contribution in [2.45, 2.75) is 38.8 Å². The number of hydrogen-bond acceptors (Lipinski definition) is 4. The lowest BCUT2D eigenvalue weighted by Crippen LogP contribution is -2.33. The zero-order chi connectivity index (χ0) is 13.5. The van der Waals surface area contributed by atoms with E-state index >= 15 is 0 Å². The molecule has 0 saturated carbocycles. The first-order valence-electron chi connectivity index (χ1n) is 6.49. The van der Waals surface area contributed by atoms with Crippen LogP contribution in [0.1, 0.15) is 38.5 Å². The molecule has 0 radical (unpaired) electrons. The predicted molar refractivity (Wildman–Crippen MR) is 80.4 cm³/mol. The Morgan fingerprint density at radius 1 is 1.33 bits per heavy atom. The second kappa shape index (κ2) is 7.64. The van der Waals surface area contributed by atoms with E-state index in [9.17, 15) is 5.11 Å². The fourth-order valence-corrected chi connectivity index (χ4v) is 2.76. The van der Waals surface area contributed by atoms with E-state index in [-0.39, 0.29) is 0 Å². The van der Waals surface area contributed by atoms with Crippen LogP contribution in [-0.4, -0.2) is 35.2 Å². The van der Waals surface area contributed by atoms with Gasteiger partial charge in [-0.1, -0.05) is 13.8 Å². The zero-order valence-corrected chi connectivity index (χ0v) is 12.6. The molecule has 2 unspecified atom stereocenters. The molecule has 3 nitrogen and oxygen atoms in total. The summed E-state index contributed by atoms with van der Waals surface area (Å²) < 4.78 is 0. The van der Waals surface area contributed by atoms with E-state index in [0.717, 1.165) is 23.6 Å². The number of nitrogens with zero attached hydrogens (tertiary/aromatic N) is 2. The number of thioether (sulfide) groups is 1. The van der Waals surface area contributed by atoms with Gasteiger partial charge in [-0.2, -0.15) is 11.8 Å². The molecule has 0 fully saturated rings. The van der Waals surface area contributed by atoms with Gasteiger partial charge in [-0.05, 0) is 31.2 Å². The molecule has 0 amide bonds. The zero-order valence-electron chi connectivity index (χ0n) is 11.8. The minimum absolute atomic E-state index is 0.447. The van der Waals surface area contributed by atoms with E-state index in [1.165, 1.54) is 0 Å². The maximum atomic E-state index is 9.72. The smallest absolute Gasteiger partial charge is 0.0957 e. The molecule has 1 rings (SSSR count). The fraction of sp³-hybridized carbons (Fsp3) is 0.643. The van der Waals surface area contributed by atoms with Gasteiger partial charge >= 0.3 is 0 Å². The van der Waals surface area contributed by atoms with Crippen molar-refractivity contribution in [2.24, 2.45) is 0 Å². The van der Waals surface area contributed by atoms with Crippen LogP contribution in [0.25, 0.3) is 0 Å². The fourth-order valence-electron chi connectivity index (χ4n) is 1.92. The second-order valence-electron chi connectivity index (χ2n) is 4.49. The van der Waals surface area contributed by atoms with Crippen LogP contribution in [0.4, 0.5) is 5.69 Å². The summed E-state index contributed by atoms with van der Waals surface area (Å²) in [7, 11) is 2.11. The molecule has 0 spiro atoms. The summed E-state index contributed by atoms with van der Waals surface area (Å²) in [6.07, 6.45) is 5.37. The van der Waals surface area contributed by atoms with E-state index in [1.54, 1.807) is 0 Å². The van der Waals surface area contributed by atoms with E-state index in [1.807, 2.05) is 37.0 Å². The Balaban J connectivity index is 2.77. The van der Waals surface area contributed by atoms with E-state index in [2.05, 4.69) is 30.1 Å². The first-order chi connectivity index (χ1) is 8.63. The second-order valence-corrected chi connectivity index (χ2v) is 5.40. The van der Waals surface area contributed by atoms with Crippen molar-refractivity contribution < 1.29 is 5.11 Å². The highest BCUT2D eigenvalue weighted by Crippen LogP contribution is 2.20. The van der Waals surface area contributed by atoms with Crippen molar-refractivity contribution in [1.29, 1.82) is 0 Å². The Hall–Kier alpha value is -0.740. The highest BCUT2D eigenvalue weighted by atomic mass is 32.2. The normalized spacial score (nSPS) is 14.3.